The fraction of sp³-hybridized carbons (Fsp3) is 1.00. The molecule has 2 heteroatoms. The van der Waals surface area contributed by atoms with Crippen LogP contribution in [0.25, 0.3) is 0 Å². The second kappa shape index (κ2) is 1.96. The number of nitrogens with one attached hydrogen (secondary N) is 1. The molecule has 1 saturated heterocycles. The van der Waals surface area contributed by atoms with Gasteiger partial charge in [-0.1, -0.05) is 0 Å². The lowest BCUT2D eigenvalue weighted by Gasteiger charge is -2.13. The summed E-state index contributed by atoms with van der Waals surface area (Å²) in [5, 5.41) is 3.44. The zero-order chi connectivity index (χ0) is 6.27. The molecule has 1 heterocycles. The first-order valence-electron chi connectivity index (χ1n) is 3.87. The molecule has 0 radical (unpaired) electrons. The number of nitrogens with two attached hydrogens (primary N) is 1. The molecule has 0 spiro atoms. The second-order valence-corrected chi connectivity index (χ2v) is 3.27. The van der Waals surface area contributed by atoms with Gasteiger partial charge in [-0.25, -0.2) is 0 Å². The molecule has 0 aromatic heterocycles. The summed E-state index contributed by atoms with van der Waals surface area (Å²) in [7, 11) is 0. The van der Waals surface area contributed by atoms with Crippen LogP contribution >= 0.6 is 0 Å². The van der Waals surface area contributed by atoms with Gasteiger partial charge in [-0.15, -0.1) is 0 Å². The predicted octanol–water partition coefficient (Wildman–Crippen LogP) is 0.0856. The van der Waals surface area contributed by atoms with Crippen molar-refractivity contribution in [2.24, 2.45) is 11.7 Å². The second-order valence-electron chi connectivity index (χ2n) is 3.27. The normalized spacial score (nSPS) is 49.7. The Labute approximate surface area is 55.8 Å². The highest BCUT2D eigenvalue weighted by Gasteiger charge is 2.36. The van der Waals surface area contributed by atoms with Crippen LogP contribution in [0, 0.1) is 5.92 Å². The van der Waals surface area contributed by atoms with Gasteiger partial charge in [-0.05, 0) is 31.7 Å². The molecule has 2 nitrogen and oxygen atoms in total. The molecule has 9 heavy (non-hydrogen) atoms. The Balaban J connectivity index is 2.07. The Kier molecular flexibility index (Phi) is 1.24. The Bertz CT molecular complexity index is 113. The van der Waals surface area contributed by atoms with Gasteiger partial charge in [0.05, 0.1) is 0 Å². The summed E-state index contributed by atoms with van der Waals surface area (Å²) in [5.41, 5.74) is 5.86. The number of hydrogen-bond acceptors (Lipinski definition) is 2. The van der Waals surface area contributed by atoms with Crippen LogP contribution in [0.4, 0.5) is 0 Å². The minimum Gasteiger partial charge on any atom is -0.326 e. The van der Waals surface area contributed by atoms with Crippen LogP contribution in [0.3, 0.4) is 0 Å². The summed E-state index contributed by atoms with van der Waals surface area (Å²) >= 11 is 0. The van der Waals surface area contributed by atoms with E-state index in [1.54, 1.807) is 0 Å². The highest BCUT2D eigenvalue weighted by Crippen LogP contribution is 2.30. The molecule has 2 aliphatic rings. The highest BCUT2D eigenvalue weighted by atomic mass is 15.0. The average molecular weight is 126 g/mol. The zero-order valence-electron chi connectivity index (χ0n) is 5.64. The Morgan fingerprint density at radius 3 is 2.89 bits per heavy atom. The summed E-state index contributed by atoms with van der Waals surface area (Å²) in [6, 6.07) is 1.13. The lowest BCUT2D eigenvalue weighted by Crippen LogP contribution is -2.39. The van der Waals surface area contributed by atoms with Gasteiger partial charge in [0.25, 0.3) is 0 Å². The summed E-state index contributed by atoms with van der Waals surface area (Å²) in [4.78, 5) is 0. The third-order valence-corrected chi connectivity index (χ3v) is 2.74. The molecule has 0 unspecified atom stereocenters. The van der Waals surface area contributed by atoms with Crippen LogP contribution < -0.4 is 11.1 Å². The smallest absolute Gasteiger partial charge is 0.0247 e. The van der Waals surface area contributed by atoms with E-state index in [0.29, 0.717) is 12.1 Å². The predicted molar refractivity (Wildman–Crippen MR) is 37.1 cm³/mol. The highest BCUT2D eigenvalue weighted by molar-refractivity contribution is 4.96. The molecule has 3 atom stereocenters. The van der Waals surface area contributed by atoms with Crippen molar-refractivity contribution in [1.29, 1.82) is 0 Å². The molecular weight excluding hydrogens is 112 g/mol. The minimum atomic E-state index is 0.456. The van der Waals surface area contributed by atoms with Crippen LogP contribution in [0.1, 0.15) is 19.3 Å². The largest absolute Gasteiger partial charge is 0.326 e. The van der Waals surface area contributed by atoms with Crippen molar-refractivity contribution in [2.45, 2.75) is 31.3 Å². The maximum absolute atomic E-state index is 5.86. The van der Waals surface area contributed by atoms with Crippen molar-refractivity contribution in [3.63, 3.8) is 0 Å². The lowest BCUT2D eigenvalue weighted by molar-refractivity contribution is 0.484. The Morgan fingerprint density at radius 1 is 1.22 bits per heavy atom. The van der Waals surface area contributed by atoms with E-state index in [0.717, 1.165) is 5.92 Å². The minimum absolute atomic E-state index is 0.456. The van der Waals surface area contributed by atoms with E-state index in [1.807, 2.05) is 0 Å². The fourth-order valence-corrected chi connectivity index (χ4v) is 2.19. The molecule has 1 aliphatic heterocycles. The third kappa shape index (κ3) is 0.775. The fourth-order valence-electron chi connectivity index (χ4n) is 2.19. The molecule has 0 aromatic rings. The molecule has 0 amide bonds. The van der Waals surface area contributed by atoms with E-state index in [1.165, 1.54) is 25.8 Å². The van der Waals surface area contributed by atoms with Gasteiger partial charge in [-0.3, -0.25) is 0 Å². The SMILES string of the molecule is N[C@@H]1CC[C@H]2CCN[C@H]21. The van der Waals surface area contributed by atoms with Gasteiger partial charge in [0, 0.05) is 12.1 Å². The van der Waals surface area contributed by atoms with Crippen LogP contribution in [0.5, 0.6) is 0 Å². The standard InChI is InChI=1S/C7H14N2/c8-6-2-1-5-3-4-9-7(5)6/h5-7,9H,1-4,8H2/t5-,6+,7+/m0/s1. The Morgan fingerprint density at radius 2 is 2.11 bits per heavy atom. The van der Waals surface area contributed by atoms with Gasteiger partial charge in [0.15, 0.2) is 0 Å². The van der Waals surface area contributed by atoms with Crippen LogP contribution in [-0.2, 0) is 0 Å². The molecule has 1 saturated carbocycles. The van der Waals surface area contributed by atoms with Crippen LogP contribution in [0.2, 0.25) is 0 Å². The van der Waals surface area contributed by atoms with Crippen molar-refractivity contribution in [1.82, 2.24) is 5.32 Å². The van der Waals surface area contributed by atoms with Gasteiger partial charge in [0.1, 0.15) is 0 Å². The van der Waals surface area contributed by atoms with E-state index in [9.17, 15) is 0 Å². The average Bonchev–Trinajstić information content (AvgIpc) is 2.35. The summed E-state index contributed by atoms with van der Waals surface area (Å²) in [6.45, 7) is 1.20. The molecular formula is C7H14N2. The zero-order valence-corrected chi connectivity index (χ0v) is 5.64. The summed E-state index contributed by atoms with van der Waals surface area (Å²) in [5.74, 6) is 0.917. The van der Waals surface area contributed by atoms with E-state index in [-0.39, 0.29) is 0 Å². The maximum Gasteiger partial charge on any atom is 0.0247 e. The maximum atomic E-state index is 5.86. The lowest BCUT2D eigenvalue weighted by atomic mass is 10.0. The quantitative estimate of drug-likeness (QED) is 0.482. The van der Waals surface area contributed by atoms with Crippen molar-refractivity contribution < 1.29 is 0 Å². The van der Waals surface area contributed by atoms with Gasteiger partial charge in [-0.2, -0.15) is 0 Å². The molecule has 2 rings (SSSR count). The summed E-state index contributed by atoms with van der Waals surface area (Å²) < 4.78 is 0. The van der Waals surface area contributed by atoms with Gasteiger partial charge < -0.3 is 11.1 Å². The van der Waals surface area contributed by atoms with E-state index >= 15 is 0 Å². The van der Waals surface area contributed by atoms with Crippen molar-refractivity contribution in [2.75, 3.05) is 6.54 Å². The molecule has 0 aromatic carbocycles. The number of fused-ring (bicyclic) bond motifs is 1. The van der Waals surface area contributed by atoms with Crippen LogP contribution in [0.15, 0.2) is 0 Å². The third-order valence-electron chi connectivity index (χ3n) is 2.74. The first kappa shape index (κ1) is 5.69. The summed E-state index contributed by atoms with van der Waals surface area (Å²) in [6.07, 6.45) is 3.96. The number of hydrogen-bond donors (Lipinski definition) is 2. The number of rotatable bonds is 0. The van der Waals surface area contributed by atoms with Crippen LogP contribution in [-0.4, -0.2) is 18.6 Å². The first-order chi connectivity index (χ1) is 4.38. The molecule has 1 aliphatic carbocycles. The first-order valence-corrected chi connectivity index (χ1v) is 3.87. The molecule has 3 N–H and O–H groups in total. The molecule has 52 valence electrons. The van der Waals surface area contributed by atoms with E-state index in [4.69, 9.17) is 5.73 Å². The van der Waals surface area contributed by atoms with Crippen molar-refractivity contribution in [3.8, 4) is 0 Å². The molecule has 0 bridgehead atoms. The Hall–Kier alpha value is -0.0800. The molecule has 2 fully saturated rings. The van der Waals surface area contributed by atoms with E-state index in [2.05, 4.69) is 5.32 Å². The van der Waals surface area contributed by atoms with Crippen molar-refractivity contribution in [3.05, 3.63) is 0 Å². The van der Waals surface area contributed by atoms with Crippen molar-refractivity contribution >= 4 is 0 Å². The monoisotopic (exact) mass is 126 g/mol. The van der Waals surface area contributed by atoms with E-state index < -0.39 is 0 Å². The van der Waals surface area contributed by atoms with Gasteiger partial charge >= 0.3 is 0 Å². The van der Waals surface area contributed by atoms with Gasteiger partial charge in [0.2, 0.25) is 0 Å². The topological polar surface area (TPSA) is 38.0 Å².